The molecule has 0 bridgehead atoms. The van der Waals surface area contributed by atoms with Crippen molar-refractivity contribution in [3.05, 3.63) is 5.69 Å². The summed E-state index contributed by atoms with van der Waals surface area (Å²) >= 11 is 0. The number of nitrogens with one attached hydrogen (secondary N) is 1. The first-order valence-corrected chi connectivity index (χ1v) is 2.92. The van der Waals surface area contributed by atoms with Gasteiger partial charge < -0.3 is 14.9 Å². The molecule has 0 amide bonds. The van der Waals surface area contributed by atoms with Crippen LogP contribution in [-0.2, 0) is 13.6 Å². The van der Waals surface area contributed by atoms with Gasteiger partial charge in [0.1, 0.15) is 0 Å². The summed E-state index contributed by atoms with van der Waals surface area (Å²) < 4.78 is 5.78. The lowest BCUT2D eigenvalue weighted by Crippen LogP contribution is -2.36. The van der Waals surface area contributed by atoms with Crippen molar-refractivity contribution in [2.75, 3.05) is 7.05 Å². The molecular weight excluding hydrogens is 134 g/mol. The molecule has 0 unspecified atom stereocenters. The van der Waals surface area contributed by atoms with Gasteiger partial charge in [0.2, 0.25) is 5.69 Å². The third-order valence-corrected chi connectivity index (χ3v) is 1.22. The number of hydrogen-bond donors (Lipinski definition) is 1. The summed E-state index contributed by atoms with van der Waals surface area (Å²) in [6.45, 7) is 0.485. The Labute approximate surface area is 58.2 Å². The summed E-state index contributed by atoms with van der Waals surface area (Å²) in [7, 11) is 3.42. The first-order valence-electron chi connectivity index (χ1n) is 2.92. The predicted octanol–water partition coefficient (Wildman–Crippen LogP) is -1.71. The van der Waals surface area contributed by atoms with E-state index in [9.17, 15) is 5.11 Å². The van der Waals surface area contributed by atoms with Crippen molar-refractivity contribution in [3.8, 4) is 5.95 Å². The van der Waals surface area contributed by atoms with Crippen LogP contribution in [0.15, 0.2) is 4.52 Å². The second-order valence-corrected chi connectivity index (χ2v) is 1.96. The average molecular weight is 143 g/mol. The highest BCUT2D eigenvalue weighted by atomic mass is 16.6. The molecule has 1 N–H and O–H groups in total. The molecule has 0 aromatic carbocycles. The summed E-state index contributed by atoms with van der Waals surface area (Å²) in [5, 5.41) is 17.0. The fourth-order valence-corrected chi connectivity index (χ4v) is 0.686. The Morgan fingerprint density at radius 1 is 1.80 bits per heavy atom. The van der Waals surface area contributed by atoms with E-state index in [-0.39, 0.29) is 5.95 Å². The normalized spacial score (nSPS) is 10.2. The van der Waals surface area contributed by atoms with Gasteiger partial charge in [-0.2, -0.15) is 0 Å². The molecule has 5 heteroatoms. The molecule has 0 saturated heterocycles. The second kappa shape index (κ2) is 2.66. The van der Waals surface area contributed by atoms with Crippen molar-refractivity contribution in [1.29, 1.82) is 0 Å². The maximum Gasteiger partial charge on any atom is 0.246 e. The minimum atomic E-state index is -0.378. The van der Waals surface area contributed by atoms with Crippen molar-refractivity contribution in [1.82, 2.24) is 10.6 Å². The van der Waals surface area contributed by atoms with Crippen LogP contribution >= 0.6 is 0 Å². The lowest BCUT2D eigenvalue weighted by molar-refractivity contribution is -0.746. The van der Waals surface area contributed by atoms with Gasteiger partial charge in [0.15, 0.2) is 13.0 Å². The van der Waals surface area contributed by atoms with Crippen molar-refractivity contribution in [3.63, 3.8) is 0 Å². The van der Waals surface area contributed by atoms with Gasteiger partial charge in [-0.3, -0.25) is 0 Å². The molecule has 0 aliphatic carbocycles. The van der Waals surface area contributed by atoms with Crippen LogP contribution in [0.2, 0.25) is 0 Å². The standard InChI is InChI=1S/C5H9N3O2/c1-6-3-4-5(9)10-7-8(4)2/h6H,3H2,1-2H3. The fraction of sp³-hybridized carbons (Fsp3) is 0.600. The van der Waals surface area contributed by atoms with Crippen LogP contribution in [0.5, 0.6) is 5.95 Å². The Morgan fingerprint density at radius 2 is 2.50 bits per heavy atom. The maximum atomic E-state index is 10.7. The lowest BCUT2D eigenvalue weighted by atomic mass is 10.4. The van der Waals surface area contributed by atoms with Gasteiger partial charge >= 0.3 is 0 Å². The van der Waals surface area contributed by atoms with Crippen molar-refractivity contribution in [2.24, 2.45) is 7.05 Å². The van der Waals surface area contributed by atoms with Crippen molar-refractivity contribution in [2.45, 2.75) is 6.54 Å². The van der Waals surface area contributed by atoms with Gasteiger partial charge in [-0.1, -0.05) is 4.68 Å². The van der Waals surface area contributed by atoms with Crippen molar-refractivity contribution >= 4 is 0 Å². The fourth-order valence-electron chi connectivity index (χ4n) is 0.686. The molecule has 0 aliphatic heterocycles. The molecule has 0 fully saturated rings. The topological polar surface area (TPSA) is 65.0 Å². The van der Waals surface area contributed by atoms with E-state index >= 15 is 0 Å². The van der Waals surface area contributed by atoms with Gasteiger partial charge in [0.25, 0.3) is 0 Å². The Bertz CT molecular complexity index is 201. The molecule has 1 aromatic rings. The summed E-state index contributed by atoms with van der Waals surface area (Å²) in [5.41, 5.74) is 0.530. The summed E-state index contributed by atoms with van der Waals surface area (Å²) in [4.78, 5) is 0. The summed E-state index contributed by atoms with van der Waals surface area (Å²) in [6.07, 6.45) is 0. The van der Waals surface area contributed by atoms with Gasteiger partial charge in [-0.25, -0.2) is 0 Å². The highest BCUT2D eigenvalue weighted by Gasteiger charge is 2.10. The van der Waals surface area contributed by atoms with Crippen LogP contribution in [0, 0.1) is 0 Å². The van der Waals surface area contributed by atoms with Crippen LogP contribution in [0.25, 0.3) is 0 Å². The third-order valence-electron chi connectivity index (χ3n) is 1.22. The largest absolute Gasteiger partial charge is 0.539 e. The Balaban J connectivity index is 2.87. The van der Waals surface area contributed by atoms with Gasteiger partial charge in [-0.15, -0.1) is 0 Å². The number of aromatic nitrogens is 2. The van der Waals surface area contributed by atoms with Crippen molar-refractivity contribution < 1.29 is 14.3 Å². The van der Waals surface area contributed by atoms with Crippen LogP contribution in [-0.4, -0.2) is 12.3 Å². The van der Waals surface area contributed by atoms with E-state index < -0.39 is 0 Å². The Morgan fingerprint density at radius 3 is 2.90 bits per heavy atom. The van der Waals surface area contributed by atoms with E-state index in [1.807, 2.05) is 0 Å². The van der Waals surface area contributed by atoms with Crippen LogP contribution < -0.4 is 15.1 Å². The molecule has 0 spiro atoms. The molecule has 1 heterocycles. The minimum Gasteiger partial charge on any atom is -0.539 e. The molecule has 0 saturated carbocycles. The molecule has 0 aliphatic rings. The molecule has 1 rings (SSSR count). The number of aryl methyl sites for hydroxylation is 1. The summed E-state index contributed by atoms with van der Waals surface area (Å²) in [6, 6.07) is 0. The Kier molecular flexibility index (Phi) is 1.86. The van der Waals surface area contributed by atoms with E-state index in [1.54, 1.807) is 14.1 Å². The molecule has 0 atom stereocenters. The van der Waals surface area contributed by atoms with E-state index in [0.29, 0.717) is 12.2 Å². The smallest absolute Gasteiger partial charge is 0.246 e. The first kappa shape index (κ1) is 7.01. The third kappa shape index (κ3) is 1.08. The zero-order valence-electron chi connectivity index (χ0n) is 5.92. The quantitative estimate of drug-likeness (QED) is 0.501. The van der Waals surface area contributed by atoms with Crippen LogP contribution in [0.3, 0.4) is 0 Å². The average Bonchev–Trinajstić information content (AvgIpc) is 2.20. The Hall–Kier alpha value is -1.10. The van der Waals surface area contributed by atoms with Gasteiger partial charge in [-0.05, 0) is 7.05 Å². The number of rotatable bonds is 2. The first-order chi connectivity index (χ1) is 4.75. The molecule has 5 nitrogen and oxygen atoms in total. The molecular formula is C5H9N3O2. The van der Waals surface area contributed by atoms with E-state index in [0.717, 1.165) is 0 Å². The lowest BCUT2D eigenvalue weighted by Gasteiger charge is -1.92. The van der Waals surface area contributed by atoms with E-state index in [1.165, 1.54) is 4.68 Å². The van der Waals surface area contributed by atoms with Crippen LogP contribution in [0.4, 0.5) is 0 Å². The number of hydrogen-bond acceptors (Lipinski definition) is 4. The van der Waals surface area contributed by atoms with E-state index in [2.05, 4.69) is 15.1 Å². The molecule has 0 radical (unpaired) electrons. The molecule has 56 valence electrons. The van der Waals surface area contributed by atoms with Gasteiger partial charge in [0, 0.05) is 0 Å². The maximum absolute atomic E-state index is 10.7. The van der Waals surface area contributed by atoms with E-state index in [4.69, 9.17) is 0 Å². The minimum absolute atomic E-state index is 0.378. The summed E-state index contributed by atoms with van der Waals surface area (Å²) in [5.74, 6) is -0.378. The highest BCUT2D eigenvalue weighted by molar-refractivity contribution is 5.01. The molecule has 10 heavy (non-hydrogen) atoms. The number of nitrogens with zero attached hydrogens (tertiary/aromatic N) is 2. The monoisotopic (exact) mass is 143 g/mol. The molecule has 1 aromatic heterocycles. The SMILES string of the molecule is CNCc1c([O-])on[n+]1C. The second-order valence-electron chi connectivity index (χ2n) is 1.96. The predicted molar refractivity (Wildman–Crippen MR) is 29.9 cm³/mol. The van der Waals surface area contributed by atoms with Gasteiger partial charge in [0.05, 0.1) is 11.8 Å². The zero-order valence-corrected chi connectivity index (χ0v) is 5.92. The van der Waals surface area contributed by atoms with Crippen LogP contribution in [0.1, 0.15) is 5.69 Å². The highest BCUT2D eigenvalue weighted by Crippen LogP contribution is 2.03. The zero-order chi connectivity index (χ0) is 7.56.